The van der Waals surface area contributed by atoms with Gasteiger partial charge in [0.15, 0.2) is 0 Å². The Hall–Kier alpha value is -0.690. The number of aromatic nitrogens is 2. The molecule has 20 heavy (non-hydrogen) atoms. The topological polar surface area (TPSA) is 37.8 Å². The Bertz CT molecular complexity index is 602. The predicted molar refractivity (Wildman–Crippen MR) is 95.2 cm³/mol. The van der Waals surface area contributed by atoms with Crippen LogP contribution in [0.1, 0.15) is 30.4 Å². The van der Waals surface area contributed by atoms with Crippen LogP contribution < -0.4 is 5.32 Å². The van der Waals surface area contributed by atoms with Gasteiger partial charge >= 0.3 is 0 Å². The molecule has 0 amide bonds. The number of rotatable bonds is 5. The smallest absolute Gasteiger partial charge is 0.143 e. The summed E-state index contributed by atoms with van der Waals surface area (Å²) in [4.78, 5) is 9.34. The maximum Gasteiger partial charge on any atom is 0.143 e. The lowest BCUT2D eigenvalue weighted by Crippen LogP contribution is -2.08. The number of halogens is 2. The number of benzene rings is 1. The van der Waals surface area contributed by atoms with E-state index in [0.29, 0.717) is 0 Å². The van der Waals surface area contributed by atoms with Gasteiger partial charge in [-0.15, -0.1) is 0 Å². The minimum atomic E-state index is 0.752. The van der Waals surface area contributed by atoms with E-state index in [1.165, 1.54) is 5.56 Å². The van der Waals surface area contributed by atoms with Crippen molar-refractivity contribution in [3.8, 4) is 0 Å². The van der Waals surface area contributed by atoms with E-state index < -0.39 is 0 Å². The lowest BCUT2D eigenvalue weighted by Gasteiger charge is -2.11. The third kappa shape index (κ3) is 3.91. The van der Waals surface area contributed by atoms with Gasteiger partial charge in [0.25, 0.3) is 0 Å². The molecule has 0 saturated heterocycles. The van der Waals surface area contributed by atoms with Crippen molar-refractivity contribution >= 4 is 44.3 Å². The summed E-state index contributed by atoms with van der Waals surface area (Å²) >= 11 is 5.82. The molecule has 0 aliphatic rings. The summed E-state index contributed by atoms with van der Waals surface area (Å²) in [7, 11) is 1.91. The summed E-state index contributed by atoms with van der Waals surface area (Å²) in [5, 5.41) is 3.16. The Morgan fingerprint density at radius 2 is 2.10 bits per heavy atom. The van der Waals surface area contributed by atoms with Crippen molar-refractivity contribution in [1.82, 2.24) is 9.97 Å². The minimum absolute atomic E-state index is 0.752. The van der Waals surface area contributed by atoms with Gasteiger partial charge in [-0.05, 0) is 46.7 Å². The highest BCUT2D eigenvalue weighted by atomic mass is 127. The van der Waals surface area contributed by atoms with E-state index in [4.69, 9.17) is 4.98 Å². The van der Waals surface area contributed by atoms with Gasteiger partial charge in [-0.3, -0.25) is 0 Å². The van der Waals surface area contributed by atoms with Crippen molar-refractivity contribution in [2.45, 2.75) is 26.2 Å². The maximum absolute atomic E-state index is 4.72. The van der Waals surface area contributed by atoms with E-state index in [0.717, 1.165) is 44.6 Å². The van der Waals surface area contributed by atoms with Gasteiger partial charge in [-0.1, -0.05) is 41.4 Å². The van der Waals surface area contributed by atoms with Crippen LogP contribution in [0.2, 0.25) is 0 Å². The second-order valence-corrected chi connectivity index (χ2v) is 6.55. The number of nitrogens with one attached hydrogen (secondary N) is 1. The highest BCUT2D eigenvalue weighted by Crippen LogP contribution is 2.21. The van der Waals surface area contributed by atoms with Crippen molar-refractivity contribution in [2.24, 2.45) is 0 Å². The Morgan fingerprint density at radius 3 is 2.75 bits per heavy atom. The van der Waals surface area contributed by atoms with Crippen LogP contribution in [0.15, 0.2) is 28.7 Å². The van der Waals surface area contributed by atoms with Gasteiger partial charge < -0.3 is 5.32 Å². The number of aryl methyl sites for hydroxylation is 1. The fourth-order valence-electron chi connectivity index (χ4n) is 2.02. The van der Waals surface area contributed by atoms with Gasteiger partial charge in [-0.2, -0.15) is 0 Å². The minimum Gasteiger partial charge on any atom is -0.372 e. The zero-order chi connectivity index (χ0) is 14.5. The number of hydrogen-bond acceptors (Lipinski definition) is 3. The SMILES string of the molecule is CCCc1nc(Cc2cccc(Br)c2)nc(NC)c1I. The Balaban J connectivity index is 2.34. The zero-order valence-electron chi connectivity index (χ0n) is 11.6. The van der Waals surface area contributed by atoms with Crippen molar-refractivity contribution < 1.29 is 0 Å². The molecule has 1 heterocycles. The molecule has 1 aromatic carbocycles. The molecule has 106 valence electrons. The summed E-state index contributed by atoms with van der Waals surface area (Å²) in [6.45, 7) is 2.17. The number of hydrogen-bond donors (Lipinski definition) is 1. The highest BCUT2D eigenvalue weighted by Gasteiger charge is 2.11. The summed E-state index contributed by atoms with van der Waals surface area (Å²) < 4.78 is 2.22. The summed E-state index contributed by atoms with van der Waals surface area (Å²) in [5.74, 6) is 1.80. The molecule has 0 radical (unpaired) electrons. The fraction of sp³-hybridized carbons (Fsp3) is 0.333. The average Bonchev–Trinajstić information content (AvgIpc) is 2.42. The van der Waals surface area contributed by atoms with Crippen molar-refractivity contribution in [3.63, 3.8) is 0 Å². The van der Waals surface area contributed by atoms with Crippen molar-refractivity contribution in [3.05, 3.63) is 49.4 Å². The molecule has 1 N–H and O–H groups in total. The quantitative estimate of drug-likeness (QED) is 0.692. The number of nitrogens with zero attached hydrogens (tertiary/aromatic N) is 2. The highest BCUT2D eigenvalue weighted by molar-refractivity contribution is 14.1. The molecule has 0 fully saturated rings. The van der Waals surface area contributed by atoms with Crippen molar-refractivity contribution in [1.29, 1.82) is 0 Å². The first-order valence-electron chi connectivity index (χ1n) is 6.61. The molecule has 0 unspecified atom stereocenters. The largest absolute Gasteiger partial charge is 0.372 e. The summed E-state index contributed by atoms with van der Waals surface area (Å²) in [6, 6.07) is 8.28. The molecule has 0 bridgehead atoms. The van der Waals surface area contributed by atoms with Crippen molar-refractivity contribution in [2.75, 3.05) is 12.4 Å². The monoisotopic (exact) mass is 445 g/mol. The fourth-order valence-corrected chi connectivity index (χ4v) is 3.25. The van der Waals surface area contributed by atoms with Crippen LogP contribution in [-0.4, -0.2) is 17.0 Å². The molecule has 0 atom stereocenters. The summed E-state index contributed by atoms with van der Waals surface area (Å²) in [5.41, 5.74) is 2.35. The summed E-state index contributed by atoms with van der Waals surface area (Å²) in [6.07, 6.45) is 2.83. The van der Waals surface area contributed by atoms with Crippen LogP contribution >= 0.6 is 38.5 Å². The molecule has 5 heteroatoms. The van der Waals surface area contributed by atoms with Crippen LogP contribution in [0.25, 0.3) is 0 Å². The number of anilines is 1. The molecule has 0 spiro atoms. The van der Waals surface area contributed by atoms with E-state index in [9.17, 15) is 0 Å². The second-order valence-electron chi connectivity index (χ2n) is 4.56. The Morgan fingerprint density at radius 1 is 1.30 bits per heavy atom. The van der Waals surface area contributed by atoms with Crippen LogP contribution in [0.5, 0.6) is 0 Å². The van der Waals surface area contributed by atoms with Crippen LogP contribution in [0, 0.1) is 3.57 Å². The standard InChI is InChI=1S/C15H17BrIN3/c1-3-5-12-14(17)15(18-2)20-13(19-12)9-10-6-4-7-11(16)8-10/h4,6-8H,3,5,9H2,1-2H3,(H,18,19,20). The molecule has 3 nitrogen and oxygen atoms in total. The van der Waals surface area contributed by atoms with E-state index in [1.807, 2.05) is 19.2 Å². The molecule has 0 aliphatic heterocycles. The average molecular weight is 446 g/mol. The Labute approximate surface area is 141 Å². The molecule has 2 aromatic rings. The van der Waals surface area contributed by atoms with Gasteiger partial charge in [0.1, 0.15) is 11.6 Å². The lowest BCUT2D eigenvalue weighted by atomic mass is 10.1. The third-order valence-electron chi connectivity index (χ3n) is 2.94. The molecule has 0 aliphatic carbocycles. The molecular formula is C15H17BrIN3. The molecule has 2 rings (SSSR count). The van der Waals surface area contributed by atoms with E-state index in [2.05, 4.69) is 67.9 Å². The molecule has 0 saturated carbocycles. The Kier molecular flexibility index (Phi) is 5.77. The normalized spacial score (nSPS) is 10.6. The van der Waals surface area contributed by atoms with Gasteiger partial charge in [0.05, 0.1) is 9.26 Å². The van der Waals surface area contributed by atoms with Crippen LogP contribution in [-0.2, 0) is 12.8 Å². The zero-order valence-corrected chi connectivity index (χ0v) is 15.3. The van der Waals surface area contributed by atoms with Gasteiger partial charge in [-0.25, -0.2) is 9.97 Å². The first-order valence-corrected chi connectivity index (χ1v) is 8.48. The third-order valence-corrected chi connectivity index (χ3v) is 4.57. The molecular weight excluding hydrogens is 429 g/mol. The van der Waals surface area contributed by atoms with Gasteiger partial charge in [0.2, 0.25) is 0 Å². The second kappa shape index (κ2) is 7.36. The predicted octanol–water partition coefficient (Wildman–Crippen LogP) is 4.43. The van der Waals surface area contributed by atoms with Crippen LogP contribution in [0.4, 0.5) is 5.82 Å². The maximum atomic E-state index is 4.72. The first kappa shape index (κ1) is 15.7. The first-order chi connectivity index (χ1) is 9.63. The van der Waals surface area contributed by atoms with E-state index in [-0.39, 0.29) is 0 Å². The van der Waals surface area contributed by atoms with E-state index >= 15 is 0 Å². The van der Waals surface area contributed by atoms with Crippen LogP contribution in [0.3, 0.4) is 0 Å². The van der Waals surface area contributed by atoms with E-state index in [1.54, 1.807) is 0 Å². The molecule has 1 aromatic heterocycles. The van der Waals surface area contributed by atoms with Gasteiger partial charge in [0, 0.05) is 17.9 Å². The lowest BCUT2D eigenvalue weighted by molar-refractivity contribution is 0.834.